The van der Waals surface area contributed by atoms with Gasteiger partial charge in [0.2, 0.25) is 5.91 Å². The highest BCUT2D eigenvalue weighted by molar-refractivity contribution is 7.90. The van der Waals surface area contributed by atoms with E-state index in [9.17, 15) is 31.2 Å². The third-order valence-electron chi connectivity index (χ3n) is 10.6. The van der Waals surface area contributed by atoms with Crippen molar-refractivity contribution in [2.75, 3.05) is 38.2 Å². The molecule has 2 N–H and O–H groups in total. The van der Waals surface area contributed by atoms with Gasteiger partial charge >= 0.3 is 11.9 Å². The summed E-state index contributed by atoms with van der Waals surface area (Å²) < 4.78 is 55.4. The molecule has 1 amide bonds. The van der Waals surface area contributed by atoms with E-state index in [1.54, 1.807) is 0 Å². The summed E-state index contributed by atoms with van der Waals surface area (Å²) >= 11 is 5.66. The number of aryl methyl sites for hydroxylation is 2. The van der Waals surface area contributed by atoms with Gasteiger partial charge in [-0.05, 0) is 76.3 Å². The maximum atomic E-state index is 12.9. The standard InChI is InChI=1S/C20H29NO5S.C20H29NO4S2/c1-15-6-8-16(9-7-15)14-17(18(22)26-2)21-19(23)20(10-4-11-20)12-5-13-27(3,24)25;1-15-6-8-16(9-7-15)14-17(18(22)25-2)21-19(26)20(10-4-11-20)12-5-13-27(3,23)24/h6-9,17H,4-5,10-14H2,1-3H3,(H,21,23);6-9,17H,4-5,10-14H2,1-3H3,(H,21,26). The number of methoxy groups -OCH3 is 2. The number of esters is 2. The van der Waals surface area contributed by atoms with Gasteiger partial charge < -0.3 is 20.1 Å². The summed E-state index contributed by atoms with van der Waals surface area (Å²) in [5, 5.41) is 6.09. The second kappa shape index (κ2) is 20.0. The van der Waals surface area contributed by atoms with Crippen LogP contribution >= 0.6 is 12.2 Å². The molecular formula is C40H58N2O9S3. The van der Waals surface area contributed by atoms with Crippen LogP contribution in [0.2, 0.25) is 0 Å². The van der Waals surface area contributed by atoms with E-state index in [0.717, 1.165) is 67.2 Å². The van der Waals surface area contributed by atoms with Crippen LogP contribution in [-0.2, 0) is 56.4 Å². The zero-order valence-corrected chi connectivity index (χ0v) is 35.0. The summed E-state index contributed by atoms with van der Waals surface area (Å²) in [6.07, 6.45) is 10.9. The molecule has 14 heteroatoms. The molecule has 0 aliphatic heterocycles. The number of carbonyl (C=O) groups is 3. The highest BCUT2D eigenvalue weighted by atomic mass is 32.2. The Morgan fingerprint density at radius 1 is 0.667 bits per heavy atom. The van der Waals surface area contributed by atoms with E-state index in [4.69, 9.17) is 21.7 Å². The molecule has 54 heavy (non-hydrogen) atoms. The van der Waals surface area contributed by atoms with Crippen molar-refractivity contribution >= 4 is 54.7 Å². The number of hydrogen-bond acceptors (Lipinski definition) is 10. The molecule has 2 saturated carbocycles. The van der Waals surface area contributed by atoms with Crippen LogP contribution in [0.15, 0.2) is 48.5 Å². The Morgan fingerprint density at radius 2 is 1.04 bits per heavy atom. The smallest absolute Gasteiger partial charge is 0.328 e. The van der Waals surface area contributed by atoms with Gasteiger partial charge in [0.05, 0.1) is 19.2 Å². The number of sulfone groups is 2. The fourth-order valence-corrected chi connectivity index (χ4v) is 8.73. The third-order valence-corrected chi connectivity index (χ3v) is 13.2. The molecule has 2 aliphatic carbocycles. The van der Waals surface area contributed by atoms with E-state index in [2.05, 4.69) is 10.6 Å². The van der Waals surface area contributed by atoms with Crippen LogP contribution in [-0.4, -0.2) is 90.0 Å². The van der Waals surface area contributed by atoms with Crippen LogP contribution < -0.4 is 10.6 Å². The van der Waals surface area contributed by atoms with E-state index in [0.29, 0.717) is 37.1 Å². The van der Waals surface area contributed by atoms with Gasteiger partial charge in [-0.1, -0.05) is 84.7 Å². The first-order valence-electron chi connectivity index (χ1n) is 18.5. The molecule has 2 aromatic rings. The van der Waals surface area contributed by atoms with Crippen LogP contribution in [0, 0.1) is 24.7 Å². The van der Waals surface area contributed by atoms with Crippen molar-refractivity contribution in [3.05, 3.63) is 70.8 Å². The van der Waals surface area contributed by atoms with Crippen molar-refractivity contribution in [3.63, 3.8) is 0 Å². The van der Waals surface area contributed by atoms with Crippen LogP contribution in [0.1, 0.15) is 86.5 Å². The van der Waals surface area contributed by atoms with E-state index >= 15 is 0 Å². The molecule has 0 aromatic heterocycles. The minimum Gasteiger partial charge on any atom is -0.467 e. The lowest BCUT2D eigenvalue weighted by molar-refractivity contribution is -0.148. The second-order valence-corrected chi connectivity index (χ2v) is 20.1. The predicted octanol–water partition coefficient (Wildman–Crippen LogP) is 5.18. The van der Waals surface area contributed by atoms with Gasteiger partial charge in [-0.2, -0.15) is 0 Å². The van der Waals surface area contributed by atoms with E-state index in [1.807, 2.05) is 62.4 Å². The van der Waals surface area contributed by atoms with Gasteiger partial charge in [0, 0.05) is 47.7 Å². The highest BCUT2D eigenvalue weighted by Crippen LogP contribution is 2.46. The molecule has 2 unspecified atom stereocenters. The fraction of sp³-hybridized carbons (Fsp3) is 0.600. The summed E-state index contributed by atoms with van der Waals surface area (Å²) in [5.41, 5.74) is 3.50. The van der Waals surface area contributed by atoms with Gasteiger partial charge in [0.1, 0.15) is 31.8 Å². The first kappa shape index (κ1) is 45.0. The molecule has 11 nitrogen and oxygen atoms in total. The molecule has 300 valence electrons. The summed E-state index contributed by atoms with van der Waals surface area (Å²) in [5.74, 6) is -0.754. The lowest BCUT2D eigenvalue weighted by Crippen LogP contribution is -2.52. The quantitative estimate of drug-likeness (QED) is 0.151. The number of hydrogen-bond donors (Lipinski definition) is 2. The van der Waals surface area contributed by atoms with Gasteiger partial charge in [-0.3, -0.25) is 4.79 Å². The molecule has 2 aromatic carbocycles. The normalized spacial score (nSPS) is 16.9. The van der Waals surface area contributed by atoms with Crippen LogP contribution in [0.25, 0.3) is 0 Å². The number of nitrogens with one attached hydrogen (secondary N) is 2. The summed E-state index contributed by atoms with van der Waals surface area (Å²) in [7, 11) is -3.34. The zero-order chi connectivity index (χ0) is 40.2. The number of rotatable bonds is 18. The number of carbonyl (C=O) groups excluding carboxylic acids is 3. The average molecular weight is 807 g/mol. The summed E-state index contributed by atoms with van der Waals surface area (Å²) in [6, 6.07) is 14.5. The van der Waals surface area contributed by atoms with Gasteiger partial charge in [0.15, 0.2) is 0 Å². The monoisotopic (exact) mass is 806 g/mol. The molecule has 0 bridgehead atoms. The van der Waals surface area contributed by atoms with Crippen molar-refractivity contribution in [1.82, 2.24) is 10.6 Å². The van der Waals surface area contributed by atoms with E-state index in [1.165, 1.54) is 26.7 Å². The molecular weight excluding hydrogens is 749 g/mol. The minimum atomic E-state index is -3.05. The van der Waals surface area contributed by atoms with Gasteiger partial charge in [0.25, 0.3) is 0 Å². The van der Waals surface area contributed by atoms with Crippen LogP contribution in [0.4, 0.5) is 0 Å². The van der Waals surface area contributed by atoms with Crippen molar-refractivity contribution in [3.8, 4) is 0 Å². The molecule has 2 aliphatic rings. The molecule has 2 atom stereocenters. The number of ether oxygens (including phenoxy) is 2. The molecule has 0 heterocycles. The summed E-state index contributed by atoms with van der Waals surface area (Å²) in [6.45, 7) is 4.01. The summed E-state index contributed by atoms with van der Waals surface area (Å²) in [4.78, 5) is 38.0. The molecule has 2 fully saturated rings. The Bertz CT molecular complexity index is 1670. The largest absolute Gasteiger partial charge is 0.467 e. The Kier molecular flexibility index (Phi) is 16.7. The first-order chi connectivity index (χ1) is 25.3. The topological polar surface area (TPSA) is 162 Å². The van der Waals surface area contributed by atoms with E-state index in [-0.39, 0.29) is 28.8 Å². The molecule has 0 saturated heterocycles. The number of amides is 1. The SMILES string of the molecule is COC(=O)C(Cc1ccc(C)cc1)NC(=O)C1(CCCS(C)(=O)=O)CCC1.COC(=O)C(Cc1ccc(C)cc1)NC(=S)C1(CCCS(C)(=O)=O)CCC1. The van der Waals surface area contributed by atoms with Crippen LogP contribution in [0.3, 0.4) is 0 Å². The Balaban J connectivity index is 0.000000290. The number of benzene rings is 2. The minimum absolute atomic E-state index is 0.0752. The highest BCUT2D eigenvalue weighted by Gasteiger charge is 2.45. The van der Waals surface area contributed by atoms with Crippen molar-refractivity contribution < 1.29 is 40.7 Å². The lowest BCUT2D eigenvalue weighted by atomic mass is 9.65. The van der Waals surface area contributed by atoms with Crippen molar-refractivity contribution in [1.29, 1.82) is 0 Å². The van der Waals surface area contributed by atoms with Crippen molar-refractivity contribution in [2.24, 2.45) is 10.8 Å². The Labute approximate surface area is 327 Å². The Morgan fingerprint density at radius 3 is 1.37 bits per heavy atom. The molecule has 0 radical (unpaired) electrons. The molecule has 0 spiro atoms. The average Bonchev–Trinajstić information content (AvgIpc) is 3.06. The van der Waals surface area contributed by atoms with Crippen molar-refractivity contribution in [2.45, 2.75) is 103 Å². The first-order valence-corrected chi connectivity index (χ1v) is 23.1. The maximum Gasteiger partial charge on any atom is 0.328 e. The lowest BCUT2D eigenvalue weighted by Gasteiger charge is -2.43. The Hall–Kier alpha value is -3.36. The second-order valence-electron chi connectivity index (χ2n) is 15.2. The number of thiocarbonyl (C=S) groups is 1. The predicted molar refractivity (Wildman–Crippen MR) is 216 cm³/mol. The van der Waals surface area contributed by atoms with E-state index < -0.39 is 43.1 Å². The zero-order valence-electron chi connectivity index (χ0n) is 32.6. The van der Waals surface area contributed by atoms with Gasteiger partial charge in [-0.15, -0.1) is 0 Å². The van der Waals surface area contributed by atoms with Crippen LogP contribution in [0.5, 0.6) is 0 Å². The fourth-order valence-electron chi connectivity index (χ4n) is 6.95. The van der Waals surface area contributed by atoms with Gasteiger partial charge in [-0.25, -0.2) is 26.4 Å². The molecule has 4 rings (SSSR count). The maximum absolute atomic E-state index is 12.9. The third kappa shape index (κ3) is 14.1.